The highest BCUT2D eigenvalue weighted by Gasteiger charge is 2.12. The van der Waals surface area contributed by atoms with Gasteiger partial charge < -0.3 is 9.84 Å². The van der Waals surface area contributed by atoms with Gasteiger partial charge in [-0.25, -0.2) is 4.79 Å². The zero-order valence-corrected chi connectivity index (χ0v) is 10.7. The van der Waals surface area contributed by atoms with Crippen molar-refractivity contribution >= 4 is 5.97 Å². The van der Waals surface area contributed by atoms with Crippen molar-refractivity contribution < 1.29 is 14.6 Å². The second-order valence-electron chi connectivity index (χ2n) is 4.31. The molecule has 0 amide bonds. The van der Waals surface area contributed by atoms with Gasteiger partial charge in [0.1, 0.15) is 5.69 Å². The first-order chi connectivity index (χ1) is 9.16. The average Bonchev–Trinajstić information content (AvgIpc) is 2.86. The molecule has 0 aliphatic heterocycles. The summed E-state index contributed by atoms with van der Waals surface area (Å²) in [6.45, 7) is 2.82. The third kappa shape index (κ3) is 3.66. The van der Waals surface area contributed by atoms with Gasteiger partial charge in [-0.05, 0) is 18.6 Å². The first kappa shape index (κ1) is 13.3. The van der Waals surface area contributed by atoms with Crippen LogP contribution in [-0.2, 0) is 17.9 Å². The molecule has 5 heteroatoms. The van der Waals surface area contributed by atoms with Gasteiger partial charge in [0.05, 0.1) is 19.3 Å². The molecule has 100 valence electrons. The lowest BCUT2D eigenvalue weighted by atomic mass is 10.2. The molecule has 0 radical (unpaired) electrons. The molecule has 0 saturated carbocycles. The van der Waals surface area contributed by atoms with E-state index in [0.29, 0.717) is 13.2 Å². The first-order valence-corrected chi connectivity index (χ1v) is 6.07. The van der Waals surface area contributed by atoms with E-state index in [-0.39, 0.29) is 11.8 Å². The lowest BCUT2D eigenvalue weighted by Gasteiger charge is -2.14. The Morgan fingerprint density at radius 2 is 2.11 bits per heavy atom. The SMILES string of the molecule is CC(Cn1nccc1C(=O)O)OCc1ccccc1. The Labute approximate surface area is 111 Å². The van der Waals surface area contributed by atoms with Crippen LogP contribution in [0.25, 0.3) is 0 Å². The number of aromatic carboxylic acids is 1. The minimum absolute atomic E-state index is 0.113. The smallest absolute Gasteiger partial charge is 0.354 e. The summed E-state index contributed by atoms with van der Waals surface area (Å²) in [6.07, 6.45) is 1.37. The second-order valence-corrected chi connectivity index (χ2v) is 4.31. The summed E-state index contributed by atoms with van der Waals surface area (Å²) < 4.78 is 7.12. The zero-order chi connectivity index (χ0) is 13.7. The van der Waals surface area contributed by atoms with E-state index in [1.807, 2.05) is 37.3 Å². The summed E-state index contributed by atoms with van der Waals surface area (Å²) >= 11 is 0. The van der Waals surface area contributed by atoms with Crippen molar-refractivity contribution in [2.45, 2.75) is 26.2 Å². The van der Waals surface area contributed by atoms with Gasteiger partial charge in [-0.2, -0.15) is 5.10 Å². The molecule has 1 aromatic heterocycles. The Bertz CT molecular complexity index is 537. The van der Waals surface area contributed by atoms with Crippen molar-refractivity contribution in [3.63, 3.8) is 0 Å². The molecule has 0 aliphatic carbocycles. The van der Waals surface area contributed by atoms with Crippen molar-refractivity contribution in [3.05, 3.63) is 53.9 Å². The largest absolute Gasteiger partial charge is 0.477 e. The van der Waals surface area contributed by atoms with Crippen molar-refractivity contribution in [1.29, 1.82) is 0 Å². The molecular weight excluding hydrogens is 244 g/mol. The molecule has 0 aliphatic rings. The van der Waals surface area contributed by atoms with Gasteiger partial charge >= 0.3 is 5.97 Å². The van der Waals surface area contributed by atoms with Crippen molar-refractivity contribution in [2.75, 3.05) is 0 Å². The van der Waals surface area contributed by atoms with E-state index in [0.717, 1.165) is 5.56 Å². The van der Waals surface area contributed by atoms with E-state index in [4.69, 9.17) is 9.84 Å². The molecule has 0 spiro atoms. The van der Waals surface area contributed by atoms with E-state index >= 15 is 0 Å². The van der Waals surface area contributed by atoms with E-state index in [1.54, 1.807) is 0 Å². The van der Waals surface area contributed by atoms with Crippen LogP contribution in [0.15, 0.2) is 42.6 Å². The fourth-order valence-corrected chi connectivity index (χ4v) is 1.77. The van der Waals surface area contributed by atoms with Crippen LogP contribution in [0.2, 0.25) is 0 Å². The quantitative estimate of drug-likeness (QED) is 0.864. The zero-order valence-electron chi connectivity index (χ0n) is 10.7. The van der Waals surface area contributed by atoms with Crippen LogP contribution < -0.4 is 0 Å². The van der Waals surface area contributed by atoms with Crippen LogP contribution >= 0.6 is 0 Å². The van der Waals surface area contributed by atoms with Crippen LogP contribution in [-0.4, -0.2) is 27.0 Å². The fraction of sp³-hybridized carbons (Fsp3) is 0.286. The first-order valence-electron chi connectivity index (χ1n) is 6.07. The number of carboxylic acids is 1. The highest BCUT2D eigenvalue weighted by Crippen LogP contribution is 2.06. The monoisotopic (exact) mass is 260 g/mol. The van der Waals surface area contributed by atoms with Crippen LogP contribution in [0.4, 0.5) is 0 Å². The maximum Gasteiger partial charge on any atom is 0.354 e. The number of hydrogen-bond acceptors (Lipinski definition) is 3. The number of carbonyl (C=O) groups is 1. The molecule has 1 unspecified atom stereocenters. The highest BCUT2D eigenvalue weighted by atomic mass is 16.5. The maximum absolute atomic E-state index is 10.9. The van der Waals surface area contributed by atoms with E-state index < -0.39 is 5.97 Å². The van der Waals surface area contributed by atoms with Gasteiger partial charge in [-0.3, -0.25) is 4.68 Å². The number of hydrogen-bond donors (Lipinski definition) is 1. The second kappa shape index (κ2) is 6.15. The predicted molar refractivity (Wildman–Crippen MR) is 69.9 cm³/mol. The number of carboxylic acid groups (broad SMARTS) is 1. The molecule has 5 nitrogen and oxygen atoms in total. The molecule has 1 atom stereocenters. The number of benzene rings is 1. The number of aromatic nitrogens is 2. The van der Waals surface area contributed by atoms with Gasteiger partial charge in [0.25, 0.3) is 0 Å². The normalized spacial score (nSPS) is 12.3. The van der Waals surface area contributed by atoms with Gasteiger partial charge in [0.2, 0.25) is 0 Å². The summed E-state index contributed by atoms with van der Waals surface area (Å²) in [5.74, 6) is -0.979. The Morgan fingerprint density at radius 3 is 2.79 bits per heavy atom. The molecule has 1 heterocycles. The third-order valence-corrected chi connectivity index (χ3v) is 2.74. The molecule has 0 fully saturated rings. The van der Waals surface area contributed by atoms with Gasteiger partial charge in [-0.15, -0.1) is 0 Å². The van der Waals surface area contributed by atoms with Crippen molar-refractivity contribution in [1.82, 2.24) is 9.78 Å². The molecule has 2 rings (SSSR count). The molecule has 0 bridgehead atoms. The lowest BCUT2D eigenvalue weighted by Crippen LogP contribution is -2.20. The van der Waals surface area contributed by atoms with Crippen molar-refractivity contribution in [2.24, 2.45) is 0 Å². The Morgan fingerprint density at radius 1 is 1.37 bits per heavy atom. The van der Waals surface area contributed by atoms with Crippen LogP contribution in [0.1, 0.15) is 23.0 Å². The molecular formula is C14H16N2O3. The predicted octanol–water partition coefficient (Wildman–Crippen LogP) is 2.19. The highest BCUT2D eigenvalue weighted by molar-refractivity contribution is 5.85. The Kier molecular flexibility index (Phi) is 4.30. The van der Waals surface area contributed by atoms with Gasteiger partial charge in [-0.1, -0.05) is 30.3 Å². The number of rotatable bonds is 6. The average molecular weight is 260 g/mol. The Balaban J connectivity index is 1.89. The van der Waals surface area contributed by atoms with Gasteiger partial charge in [0.15, 0.2) is 0 Å². The Hall–Kier alpha value is -2.14. The summed E-state index contributed by atoms with van der Waals surface area (Å²) in [5.41, 5.74) is 1.27. The lowest BCUT2D eigenvalue weighted by molar-refractivity contribution is 0.0380. The summed E-state index contributed by atoms with van der Waals surface area (Å²) in [4.78, 5) is 10.9. The summed E-state index contributed by atoms with van der Waals surface area (Å²) in [5, 5.41) is 13.0. The van der Waals surface area contributed by atoms with Crippen molar-refractivity contribution in [3.8, 4) is 0 Å². The molecule has 19 heavy (non-hydrogen) atoms. The third-order valence-electron chi connectivity index (χ3n) is 2.74. The fourth-order valence-electron chi connectivity index (χ4n) is 1.77. The van der Waals surface area contributed by atoms with Crippen LogP contribution in [0, 0.1) is 0 Å². The topological polar surface area (TPSA) is 64.4 Å². The van der Waals surface area contributed by atoms with Crippen LogP contribution in [0.3, 0.4) is 0 Å². The standard InChI is InChI=1S/C14H16N2O3/c1-11(19-10-12-5-3-2-4-6-12)9-16-13(14(17)18)7-8-15-16/h2-8,11H,9-10H2,1H3,(H,17,18). The minimum Gasteiger partial charge on any atom is -0.477 e. The molecule has 1 N–H and O–H groups in total. The maximum atomic E-state index is 10.9. The van der Waals surface area contributed by atoms with Gasteiger partial charge in [0, 0.05) is 6.20 Å². The number of nitrogens with zero attached hydrogens (tertiary/aromatic N) is 2. The van der Waals surface area contributed by atoms with Crippen LogP contribution in [0.5, 0.6) is 0 Å². The van der Waals surface area contributed by atoms with E-state index in [9.17, 15) is 4.79 Å². The minimum atomic E-state index is -0.979. The number of ether oxygens (including phenoxy) is 1. The van der Waals surface area contributed by atoms with E-state index in [1.165, 1.54) is 16.9 Å². The summed E-state index contributed by atoms with van der Waals surface area (Å²) in [7, 11) is 0. The van der Waals surface area contributed by atoms with E-state index in [2.05, 4.69) is 5.10 Å². The molecule has 1 aromatic carbocycles. The molecule has 0 saturated heterocycles. The molecule has 2 aromatic rings. The summed E-state index contributed by atoms with van der Waals surface area (Å²) in [6, 6.07) is 11.3.